The summed E-state index contributed by atoms with van der Waals surface area (Å²) in [5.41, 5.74) is 2.39. The second-order valence-electron chi connectivity index (χ2n) is 8.06. The van der Waals surface area contributed by atoms with Crippen molar-refractivity contribution in [3.05, 3.63) is 47.2 Å². The van der Waals surface area contributed by atoms with E-state index in [-0.39, 0.29) is 17.9 Å². The average Bonchev–Trinajstić information content (AvgIpc) is 3.21. The van der Waals surface area contributed by atoms with Crippen LogP contribution >= 0.6 is 0 Å². The fraction of sp³-hybridized carbons (Fsp3) is 0.522. The number of aromatic nitrogens is 1. The third kappa shape index (κ3) is 4.74. The fourth-order valence-corrected chi connectivity index (χ4v) is 4.18. The first-order valence-electron chi connectivity index (χ1n) is 11.0. The van der Waals surface area contributed by atoms with Crippen molar-refractivity contribution in [2.45, 2.75) is 39.0 Å². The van der Waals surface area contributed by atoms with E-state index in [2.05, 4.69) is 17.2 Å². The summed E-state index contributed by atoms with van der Waals surface area (Å²) in [5.74, 6) is 1.17. The number of hydrogen-bond acceptors (Lipinski definition) is 5. The number of aryl methyl sites for hydroxylation is 2. The quantitative estimate of drug-likeness (QED) is 0.809. The lowest BCUT2D eigenvalue weighted by Gasteiger charge is -2.31. The zero-order valence-corrected chi connectivity index (χ0v) is 18.2. The molecule has 0 atom stereocenters. The number of oxazole rings is 1. The molecule has 2 aliphatic rings. The third-order valence-corrected chi connectivity index (χ3v) is 6.09. The highest BCUT2D eigenvalue weighted by atomic mass is 16.5. The smallest absolute Gasteiger partial charge is 0.321 e. The fourth-order valence-electron chi connectivity index (χ4n) is 4.18. The van der Waals surface area contributed by atoms with Crippen molar-refractivity contribution in [2.75, 3.05) is 44.7 Å². The van der Waals surface area contributed by atoms with Gasteiger partial charge in [-0.05, 0) is 37.8 Å². The molecule has 3 heterocycles. The Morgan fingerprint density at radius 3 is 2.52 bits per heavy atom. The van der Waals surface area contributed by atoms with Gasteiger partial charge in [0.15, 0.2) is 11.6 Å². The van der Waals surface area contributed by atoms with Gasteiger partial charge in [-0.15, -0.1) is 0 Å². The number of morpholine rings is 1. The van der Waals surface area contributed by atoms with Crippen molar-refractivity contribution in [1.29, 1.82) is 0 Å². The van der Waals surface area contributed by atoms with Crippen LogP contribution in [0.2, 0.25) is 0 Å². The minimum Gasteiger partial charge on any atom is -0.445 e. The molecule has 2 fully saturated rings. The summed E-state index contributed by atoms with van der Waals surface area (Å²) in [6.45, 7) is 7.38. The second-order valence-corrected chi connectivity index (χ2v) is 8.06. The summed E-state index contributed by atoms with van der Waals surface area (Å²) in [7, 11) is 0. The molecule has 0 bridgehead atoms. The molecule has 0 saturated carbocycles. The first-order chi connectivity index (χ1) is 15.1. The topological polar surface area (TPSA) is 87.9 Å². The Kier molecular flexibility index (Phi) is 6.56. The molecule has 0 spiro atoms. The molecule has 1 aromatic carbocycles. The maximum atomic E-state index is 12.8. The number of ether oxygens (including phenoxy) is 1. The summed E-state index contributed by atoms with van der Waals surface area (Å²) in [6.07, 6.45) is 2.38. The molecule has 3 amide bonds. The Bertz CT molecular complexity index is 927. The molecule has 2 aromatic rings. The molecular weight excluding hydrogens is 396 g/mol. The summed E-state index contributed by atoms with van der Waals surface area (Å²) < 4.78 is 11.2. The highest BCUT2D eigenvalue weighted by molar-refractivity contribution is 5.93. The SMILES string of the molecule is CCc1ccccc1NC(=O)N1CCC(c2nc(C(=O)N3CCOCC3)c(C)o2)CC1. The van der Waals surface area contributed by atoms with E-state index in [4.69, 9.17) is 9.15 Å². The van der Waals surface area contributed by atoms with E-state index < -0.39 is 0 Å². The first-order valence-corrected chi connectivity index (χ1v) is 11.0. The lowest BCUT2D eigenvalue weighted by atomic mass is 9.97. The van der Waals surface area contributed by atoms with E-state index >= 15 is 0 Å². The Balaban J connectivity index is 1.35. The minimum absolute atomic E-state index is 0.0777. The lowest BCUT2D eigenvalue weighted by Crippen LogP contribution is -2.41. The lowest BCUT2D eigenvalue weighted by molar-refractivity contribution is 0.0298. The van der Waals surface area contributed by atoms with Crippen molar-refractivity contribution in [1.82, 2.24) is 14.8 Å². The van der Waals surface area contributed by atoms with E-state index in [0.717, 1.165) is 30.5 Å². The van der Waals surface area contributed by atoms with Crippen molar-refractivity contribution in [2.24, 2.45) is 0 Å². The molecule has 2 aliphatic heterocycles. The molecular formula is C23H30N4O4. The van der Waals surface area contributed by atoms with Gasteiger partial charge < -0.3 is 24.3 Å². The molecule has 8 nitrogen and oxygen atoms in total. The van der Waals surface area contributed by atoms with Crippen LogP contribution in [0, 0.1) is 6.92 Å². The number of nitrogens with zero attached hydrogens (tertiary/aromatic N) is 3. The molecule has 4 rings (SSSR count). The number of para-hydroxylation sites is 1. The number of urea groups is 1. The van der Waals surface area contributed by atoms with E-state index in [0.29, 0.717) is 56.7 Å². The van der Waals surface area contributed by atoms with Gasteiger partial charge in [-0.25, -0.2) is 9.78 Å². The normalized spacial score (nSPS) is 17.6. The molecule has 31 heavy (non-hydrogen) atoms. The van der Waals surface area contributed by atoms with E-state index in [1.807, 2.05) is 29.2 Å². The largest absolute Gasteiger partial charge is 0.445 e. The summed E-state index contributed by atoms with van der Waals surface area (Å²) in [5, 5.41) is 3.04. The van der Waals surface area contributed by atoms with Crippen LogP contribution in [0.15, 0.2) is 28.7 Å². The van der Waals surface area contributed by atoms with E-state index in [1.54, 1.807) is 11.8 Å². The van der Waals surface area contributed by atoms with Crippen molar-refractivity contribution < 1.29 is 18.7 Å². The van der Waals surface area contributed by atoms with E-state index in [9.17, 15) is 9.59 Å². The summed E-state index contributed by atoms with van der Waals surface area (Å²) in [6, 6.07) is 7.80. The van der Waals surface area contributed by atoms with Crippen LogP contribution in [0.4, 0.5) is 10.5 Å². The van der Waals surface area contributed by atoms with Crippen LogP contribution in [0.1, 0.15) is 53.4 Å². The number of carbonyl (C=O) groups excluding carboxylic acids is 2. The van der Waals surface area contributed by atoms with Gasteiger partial charge in [-0.1, -0.05) is 25.1 Å². The molecule has 2 saturated heterocycles. The van der Waals surface area contributed by atoms with Crippen molar-refractivity contribution in [3.8, 4) is 0 Å². The van der Waals surface area contributed by atoms with Crippen LogP contribution in [-0.4, -0.2) is 66.1 Å². The predicted octanol–water partition coefficient (Wildman–Crippen LogP) is 3.43. The number of hydrogen-bond donors (Lipinski definition) is 1. The molecule has 0 aliphatic carbocycles. The Hall–Kier alpha value is -2.87. The predicted molar refractivity (Wildman–Crippen MR) is 116 cm³/mol. The number of piperidine rings is 1. The number of nitrogens with one attached hydrogen (secondary N) is 1. The van der Waals surface area contributed by atoms with Gasteiger partial charge in [0.25, 0.3) is 5.91 Å². The minimum atomic E-state index is -0.0952. The Morgan fingerprint density at radius 2 is 1.81 bits per heavy atom. The number of benzene rings is 1. The Labute approximate surface area is 182 Å². The van der Waals surface area contributed by atoms with Gasteiger partial charge in [0, 0.05) is 37.8 Å². The number of carbonyl (C=O) groups is 2. The highest BCUT2D eigenvalue weighted by Crippen LogP contribution is 2.30. The third-order valence-electron chi connectivity index (χ3n) is 6.09. The molecule has 166 valence electrons. The van der Waals surface area contributed by atoms with Crippen molar-refractivity contribution >= 4 is 17.6 Å². The Morgan fingerprint density at radius 1 is 1.10 bits per heavy atom. The molecule has 0 unspecified atom stereocenters. The average molecular weight is 427 g/mol. The van der Waals surface area contributed by atoms with E-state index in [1.165, 1.54) is 0 Å². The van der Waals surface area contributed by atoms with Crippen LogP contribution in [0.5, 0.6) is 0 Å². The second kappa shape index (κ2) is 9.51. The summed E-state index contributed by atoms with van der Waals surface area (Å²) >= 11 is 0. The number of amides is 3. The zero-order valence-electron chi connectivity index (χ0n) is 18.2. The number of likely N-dealkylation sites (tertiary alicyclic amines) is 1. The van der Waals surface area contributed by atoms with Crippen molar-refractivity contribution in [3.63, 3.8) is 0 Å². The van der Waals surface area contributed by atoms with Gasteiger partial charge in [0.05, 0.1) is 13.2 Å². The number of rotatable bonds is 4. The van der Waals surface area contributed by atoms with Gasteiger partial charge in [0.1, 0.15) is 5.76 Å². The standard InChI is InChI=1S/C23H30N4O4/c1-3-17-6-4-5-7-19(17)24-23(29)27-10-8-18(9-11-27)21-25-20(16(2)31-21)22(28)26-12-14-30-15-13-26/h4-7,18H,3,8-15H2,1-2H3,(H,24,29). The zero-order chi connectivity index (χ0) is 21.8. The number of anilines is 1. The molecule has 1 aromatic heterocycles. The monoisotopic (exact) mass is 426 g/mol. The van der Waals surface area contributed by atoms with Crippen LogP contribution in [0.3, 0.4) is 0 Å². The highest BCUT2D eigenvalue weighted by Gasteiger charge is 2.30. The van der Waals surface area contributed by atoms with Gasteiger partial charge >= 0.3 is 6.03 Å². The molecule has 1 N–H and O–H groups in total. The van der Waals surface area contributed by atoms with Crippen LogP contribution < -0.4 is 5.32 Å². The van der Waals surface area contributed by atoms with Crippen LogP contribution in [-0.2, 0) is 11.2 Å². The summed E-state index contributed by atoms with van der Waals surface area (Å²) in [4.78, 5) is 33.6. The maximum absolute atomic E-state index is 12.8. The van der Waals surface area contributed by atoms with Gasteiger partial charge in [-0.2, -0.15) is 0 Å². The maximum Gasteiger partial charge on any atom is 0.321 e. The molecule has 8 heteroatoms. The van der Waals surface area contributed by atoms with Gasteiger partial charge in [-0.3, -0.25) is 4.79 Å². The first kappa shape index (κ1) is 21.4. The van der Waals surface area contributed by atoms with Gasteiger partial charge in [0.2, 0.25) is 0 Å². The molecule has 0 radical (unpaired) electrons. The van der Waals surface area contributed by atoms with Crippen LogP contribution in [0.25, 0.3) is 0 Å².